The van der Waals surface area contributed by atoms with Crippen LogP contribution in [-0.2, 0) is 14.4 Å². The number of hydrogen-bond acceptors (Lipinski definition) is 9. The van der Waals surface area contributed by atoms with E-state index >= 15 is 0 Å². The Morgan fingerprint density at radius 3 is 2.62 bits per heavy atom. The lowest BCUT2D eigenvalue weighted by molar-refractivity contribution is -0.125. The van der Waals surface area contributed by atoms with E-state index in [1.807, 2.05) is 18.3 Å². The normalized spacial score (nSPS) is 20.9. The number of nitrogens with one attached hydrogen (secondary N) is 2. The van der Waals surface area contributed by atoms with Crippen molar-refractivity contribution in [2.75, 3.05) is 64.8 Å². The molecule has 0 radical (unpaired) electrons. The molecule has 11 nitrogen and oxygen atoms in total. The SMILES string of the molecule is CNC(=O)C(CCC=O)N(C)C(=O)c1ccc(N2CCN(CC3CCN=C/C(C=O)=C\C=C\NCC3)CC2)cc1C=O. The number of benzene rings is 1. The minimum absolute atomic E-state index is 0.143. The summed E-state index contributed by atoms with van der Waals surface area (Å²) in [5.41, 5.74) is 1.90. The molecule has 2 aliphatic heterocycles. The minimum atomic E-state index is -0.815. The molecule has 0 aliphatic carbocycles. The van der Waals surface area contributed by atoms with E-state index in [-0.39, 0.29) is 29.9 Å². The molecule has 226 valence electrons. The van der Waals surface area contributed by atoms with Gasteiger partial charge in [0.2, 0.25) is 5.91 Å². The van der Waals surface area contributed by atoms with Crippen molar-refractivity contribution in [2.45, 2.75) is 31.7 Å². The number of carbonyl (C=O) groups is 5. The van der Waals surface area contributed by atoms with Crippen LogP contribution in [-0.4, -0.2) is 113 Å². The first-order chi connectivity index (χ1) is 20.4. The number of anilines is 1. The lowest BCUT2D eigenvalue weighted by Gasteiger charge is -2.38. The summed E-state index contributed by atoms with van der Waals surface area (Å²) in [4.78, 5) is 70.0. The van der Waals surface area contributed by atoms with Crippen LogP contribution in [0, 0.1) is 5.92 Å². The van der Waals surface area contributed by atoms with Gasteiger partial charge in [0, 0.05) is 89.4 Å². The molecular weight excluding hydrogens is 536 g/mol. The fourth-order valence-electron chi connectivity index (χ4n) is 5.28. The second kappa shape index (κ2) is 17.0. The van der Waals surface area contributed by atoms with E-state index in [0.717, 1.165) is 64.1 Å². The second-order valence-corrected chi connectivity index (χ2v) is 10.5. The average molecular weight is 579 g/mol. The summed E-state index contributed by atoms with van der Waals surface area (Å²) < 4.78 is 0. The van der Waals surface area contributed by atoms with Gasteiger partial charge in [0.25, 0.3) is 5.91 Å². The van der Waals surface area contributed by atoms with Crippen LogP contribution in [0.3, 0.4) is 0 Å². The smallest absolute Gasteiger partial charge is 0.255 e. The molecule has 1 saturated heterocycles. The third-order valence-corrected chi connectivity index (χ3v) is 7.78. The molecule has 42 heavy (non-hydrogen) atoms. The fourth-order valence-corrected chi connectivity index (χ4v) is 5.28. The molecule has 1 aromatic rings. The zero-order valence-corrected chi connectivity index (χ0v) is 24.5. The number of aldehydes is 3. The first-order valence-corrected chi connectivity index (χ1v) is 14.5. The Bertz CT molecular complexity index is 1190. The molecule has 2 atom stereocenters. The lowest BCUT2D eigenvalue weighted by Crippen LogP contribution is -2.48. The Labute approximate surface area is 247 Å². The van der Waals surface area contributed by atoms with E-state index in [2.05, 4.69) is 25.4 Å². The van der Waals surface area contributed by atoms with Crippen molar-refractivity contribution in [3.05, 3.63) is 53.3 Å². The zero-order valence-electron chi connectivity index (χ0n) is 24.5. The first kappa shape index (κ1) is 32.4. The van der Waals surface area contributed by atoms with E-state index in [1.54, 1.807) is 24.4 Å². The van der Waals surface area contributed by atoms with Gasteiger partial charge in [-0.05, 0) is 61.7 Å². The first-order valence-electron chi connectivity index (χ1n) is 14.5. The highest BCUT2D eigenvalue weighted by Gasteiger charge is 2.28. The van der Waals surface area contributed by atoms with E-state index in [4.69, 9.17) is 0 Å². The largest absolute Gasteiger partial charge is 0.391 e. The molecular formula is C31H42N6O5. The van der Waals surface area contributed by atoms with E-state index in [0.29, 0.717) is 30.6 Å². The number of rotatable bonds is 11. The third-order valence-electron chi connectivity index (χ3n) is 7.78. The number of piperazine rings is 1. The summed E-state index contributed by atoms with van der Waals surface area (Å²) in [6.45, 7) is 5.80. The summed E-state index contributed by atoms with van der Waals surface area (Å²) in [5, 5.41) is 5.83. The summed E-state index contributed by atoms with van der Waals surface area (Å²) in [6, 6.07) is 4.40. The maximum Gasteiger partial charge on any atom is 0.255 e. The van der Waals surface area contributed by atoms with Gasteiger partial charge in [-0.15, -0.1) is 0 Å². The highest BCUT2D eigenvalue weighted by atomic mass is 16.2. The maximum atomic E-state index is 13.3. The molecule has 2 aliphatic rings. The zero-order chi connectivity index (χ0) is 30.3. The van der Waals surface area contributed by atoms with Crippen molar-refractivity contribution in [3.63, 3.8) is 0 Å². The maximum absolute atomic E-state index is 13.3. The van der Waals surface area contributed by atoms with E-state index < -0.39 is 11.9 Å². The van der Waals surface area contributed by atoms with Crippen LogP contribution in [0.15, 0.2) is 47.1 Å². The van der Waals surface area contributed by atoms with Gasteiger partial charge in [0.05, 0.1) is 5.56 Å². The van der Waals surface area contributed by atoms with Crippen molar-refractivity contribution < 1.29 is 24.0 Å². The van der Waals surface area contributed by atoms with Gasteiger partial charge in [-0.25, -0.2) is 0 Å². The lowest BCUT2D eigenvalue weighted by atomic mass is 10.00. The molecule has 2 N–H and O–H groups in total. The van der Waals surface area contributed by atoms with Gasteiger partial charge in [-0.3, -0.25) is 29.1 Å². The molecule has 3 rings (SSSR count). The Morgan fingerprint density at radius 2 is 1.93 bits per heavy atom. The summed E-state index contributed by atoms with van der Waals surface area (Å²) in [5.74, 6) is -0.347. The van der Waals surface area contributed by atoms with Crippen LogP contribution in [0.4, 0.5) is 5.69 Å². The molecule has 2 amide bonds. The van der Waals surface area contributed by atoms with Crippen LogP contribution < -0.4 is 15.5 Å². The summed E-state index contributed by atoms with van der Waals surface area (Å²) >= 11 is 0. The minimum Gasteiger partial charge on any atom is -0.391 e. The molecule has 1 aromatic carbocycles. The van der Waals surface area contributed by atoms with Gasteiger partial charge in [0.15, 0.2) is 12.6 Å². The van der Waals surface area contributed by atoms with E-state index in [9.17, 15) is 24.0 Å². The Hall–Kier alpha value is -4.12. The van der Waals surface area contributed by atoms with Crippen LogP contribution in [0.25, 0.3) is 0 Å². The number of amides is 2. The summed E-state index contributed by atoms with van der Waals surface area (Å²) in [6.07, 6.45) is 11.5. The van der Waals surface area contributed by atoms with Gasteiger partial charge in [-0.1, -0.05) is 0 Å². The van der Waals surface area contributed by atoms with Gasteiger partial charge >= 0.3 is 0 Å². The predicted octanol–water partition coefficient (Wildman–Crippen LogP) is 1.50. The molecule has 0 spiro atoms. The topological polar surface area (TPSA) is 131 Å². The average Bonchev–Trinajstić information content (AvgIpc) is 3.02. The van der Waals surface area contributed by atoms with Gasteiger partial charge in [-0.2, -0.15) is 0 Å². The monoisotopic (exact) mass is 578 g/mol. The van der Waals surface area contributed by atoms with Crippen molar-refractivity contribution in [1.82, 2.24) is 20.4 Å². The molecule has 11 heteroatoms. The van der Waals surface area contributed by atoms with Crippen LogP contribution in [0.5, 0.6) is 0 Å². The fraction of sp³-hybridized carbons (Fsp3) is 0.484. The number of nitrogens with zero attached hydrogens (tertiary/aromatic N) is 4. The second-order valence-electron chi connectivity index (χ2n) is 10.5. The number of aliphatic imine (C=N–C) groups is 1. The van der Waals surface area contributed by atoms with Gasteiger partial charge in [0.1, 0.15) is 12.3 Å². The molecule has 0 aromatic heterocycles. The standard InChI is InChI=1S/C31H42N6O5/c1-32-30(41)29(6-4-18-38)35(2)31(42)28-8-7-27(19-26(28)23-40)37-16-14-36(15-17-37)21-24-9-12-33-11-3-5-25(22-39)20-34-13-10-24/h3,5,7-8,11,18-20,22-24,29,33H,4,6,9-10,12-17,21H2,1-2H3,(H,32,41)/b11-3+,25-5+,34-20?. The number of allylic oxidation sites excluding steroid dienone is 3. The van der Waals surface area contributed by atoms with Crippen LogP contribution in [0.2, 0.25) is 0 Å². The Morgan fingerprint density at radius 1 is 1.14 bits per heavy atom. The molecule has 2 unspecified atom stereocenters. The predicted molar refractivity (Wildman–Crippen MR) is 163 cm³/mol. The van der Waals surface area contributed by atoms with Crippen LogP contribution in [0.1, 0.15) is 46.4 Å². The van der Waals surface area contributed by atoms with Crippen molar-refractivity contribution in [2.24, 2.45) is 10.9 Å². The molecule has 2 heterocycles. The number of likely N-dealkylation sites (N-methyl/N-ethyl adjacent to an activating group) is 2. The quantitative estimate of drug-likeness (QED) is 0.378. The molecule has 0 saturated carbocycles. The highest BCUT2D eigenvalue weighted by molar-refractivity contribution is 6.04. The van der Waals surface area contributed by atoms with Crippen LogP contribution >= 0.6 is 0 Å². The highest BCUT2D eigenvalue weighted by Crippen LogP contribution is 2.23. The van der Waals surface area contributed by atoms with Gasteiger partial charge < -0.3 is 25.2 Å². The Kier molecular flexibility index (Phi) is 13.1. The summed E-state index contributed by atoms with van der Waals surface area (Å²) in [7, 11) is 2.99. The third kappa shape index (κ3) is 9.20. The van der Waals surface area contributed by atoms with Crippen molar-refractivity contribution in [1.29, 1.82) is 0 Å². The Balaban J connectivity index is 1.61. The number of hydrogen-bond donors (Lipinski definition) is 2. The number of carbonyl (C=O) groups excluding carboxylic acids is 5. The molecule has 1 fully saturated rings. The van der Waals surface area contributed by atoms with E-state index in [1.165, 1.54) is 19.0 Å². The van der Waals surface area contributed by atoms with Crippen molar-refractivity contribution in [3.8, 4) is 0 Å². The van der Waals surface area contributed by atoms with Crippen molar-refractivity contribution >= 4 is 42.6 Å². The molecule has 0 bridgehead atoms.